The lowest BCUT2D eigenvalue weighted by Gasteiger charge is -2.34. The van der Waals surface area contributed by atoms with Crippen LogP contribution in [0.25, 0.3) is 11.3 Å². The zero-order valence-corrected chi connectivity index (χ0v) is 26.2. The van der Waals surface area contributed by atoms with Crippen molar-refractivity contribution in [2.45, 2.75) is 70.1 Å². The molecular weight excluding hydrogens is 553 g/mol. The Hall–Kier alpha value is -2.46. The number of nitrogens with one attached hydrogen (secondary N) is 1. The lowest BCUT2D eigenvalue weighted by atomic mass is 9.92. The van der Waals surface area contributed by atoms with Crippen LogP contribution in [0.5, 0.6) is 0 Å². The van der Waals surface area contributed by atoms with Crippen molar-refractivity contribution in [2.24, 2.45) is 5.92 Å². The third-order valence-electron chi connectivity index (χ3n) is 8.08. The van der Waals surface area contributed by atoms with Gasteiger partial charge in [0.25, 0.3) is 10.0 Å². The molecule has 0 bridgehead atoms. The quantitative estimate of drug-likeness (QED) is 0.180. The molecule has 0 aliphatic carbocycles. The molecule has 3 aromatic rings. The lowest BCUT2D eigenvalue weighted by molar-refractivity contribution is 0.189. The summed E-state index contributed by atoms with van der Waals surface area (Å²) in [5.41, 5.74) is 3.14. The van der Waals surface area contributed by atoms with E-state index in [1.165, 1.54) is 32.1 Å². The standard InChI is InChI=1S/C32H46N4O3S2/c1-3-5-6-11-26(4-2)12-9-14-27-13-7-8-17-31(27)41(38,39)34-29-16-10-15-28(24-29)30-25-40-32(33-30)36-20-18-35(19-21-36)22-23-37/h7-8,10,13,15-17,24-26,34,37H,3-6,9,11-12,14,18-23H2,1-2H3. The van der Waals surface area contributed by atoms with Crippen LogP contribution in [0.15, 0.2) is 58.8 Å². The Morgan fingerprint density at radius 1 is 1.00 bits per heavy atom. The minimum Gasteiger partial charge on any atom is -0.395 e. The van der Waals surface area contributed by atoms with Gasteiger partial charge in [0, 0.05) is 49.4 Å². The summed E-state index contributed by atoms with van der Waals surface area (Å²) in [6.45, 7) is 8.98. The van der Waals surface area contributed by atoms with E-state index in [4.69, 9.17) is 4.98 Å². The largest absolute Gasteiger partial charge is 0.395 e. The molecule has 0 radical (unpaired) electrons. The van der Waals surface area contributed by atoms with Crippen molar-refractivity contribution in [3.05, 3.63) is 59.5 Å². The number of aliphatic hydroxyl groups excluding tert-OH is 1. The molecule has 1 aliphatic rings. The monoisotopic (exact) mass is 598 g/mol. The van der Waals surface area contributed by atoms with E-state index in [0.717, 1.165) is 67.4 Å². The molecular formula is C32H46N4O3S2. The minimum atomic E-state index is -3.74. The second kappa shape index (κ2) is 15.7. The van der Waals surface area contributed by atoms with Gasteiger partial charge in [0.05, 0.1) is 17.2 Å². The maximum atomic E-state index is 13.5. The topological polar surface area (TPSA) is 85.8 Å². The van der Waals surface area contributed by atoms with E-state index >= 15 is 0 Å². The van der Waals surface area contributed by atoms with Crippen molar-refractivity contribution in [2.75, 3.05) is 49.0 Å². The van der Waals surface area contributed by atoms with Gasteiger partial charge in [-0.25, -0.2) is 13.4 Å². The van der Waals surface area contributed by atoms with Crippen molar-refractivity contribution in [1.82, 2.24) is 9.88 Å². The molecule has 1 unspecified atom stereocenters. The Labute approximate surface area is 250 Å². The molecule has 1 aliphatic heterocycles. The molecule has 2 N–H and O–H groups in total. The lowest BCUT2D eigenvalue weighted by Crippen LogP contribution is -2.47. The molecule has 224 valence electrons. The second-order valence-corrected chi connectivity index (χ2v) is 13.5. The number of hydrogen-bond acceptors (Lipinski definition) is 7. The minimum absolute atomic E-state index is 0.186. The number of rotatable bonds is 16. The van der Waals surface area contributed by atoms with E-state index in [2.05, 4.69) is 28.4 Å². The van der Waals surface area contributed by atoms with Crippen molar-refractivity contribution in [3.8, 4) is 11.3 Å². The third-order valence-corrected chi connectivity index (χ3v) is 10.5. The molecule has 1 aromatic heterocycles. The number of β-amino-alcohol motifs (C(OH)–C–C–N with tert-alkyl or cyclic N) is 1. The molecule has 0 saturated carbocycles. The zero-order valence-electron chi connectivity index (χ0n) is 24.6. The Morgan fingerprint density at radius 2 is 1.78 bits per heavy atom. The van der Waals surface area contributed by atoms with Crippen LogP contribution >= 0.6 is 11.3 Å². The normalized spacial score (nSPS) is 15.2. The number of piperazine rings is 1. The van der Waals surface area contributed by atoms with Gasteiger partial charge in [-0.05, 0) is 42.5 Å². The number of aromatic nitrogens is 1. The molecule has 4 rings (SSSR count). The Kier molecular flexibility index (Phi) is 12.0. The van der Waals surface area contributed by atoms with Gasteiger partial charge >= 0.3 is 0 Å². The number of nitrogens with zero attached hydrogens (tertiary/aromatic N) is 3. The Bertz CT molecular complexity index is 1320. The fraction of sp³-hybridized carbons (Fsp3) is 0.531. The number of aliphatic hydroxyl groups is 1. The van der Waals surface area contributed by atoms with Gasteiger partial charge in [-0.2, -0.15) is 0 Å². The maximum Gasteiger partial charge on any atom is 0.262 e. The Balaban J connectivity index is 1.40. The summed E-state index contributed by atoms with van der Waals surface area (Å²) in [5.74, 6) is 0.716. The summed E-state index contributed by atoms with van der Waals surface area (Å²) < 4.78 is 29.9. The molecule has 1 fully saturated rings. The van der Waals surface area contributed by atoms with Gasteiger partial charge in [0.15, 0.2) is 5.13 Å². The highest BCUT2D eigenvalue weighted by Crippen LogP contribution is 2.31. The molecule has 2 heterocycles. The molecule has 1 atom stereocenters. The predicted molar refractivity (Wildman–Crippen MR) is 171 cm³/mol. The highest BCUT2D eigenvalue weighted by Gasteiger charge is 2.21. The van der Waals surface area contributed by atoms with E-state index in [-0.39, 0.29) is 6.61 Å². The fourth-order valence-electron chi connectivity index (χ4n) is 5.59. The van der Waals surface area contributed by atoms with E-state index < -0.39 is 10.0 Å². The van der Waals surface area contributed by atoms with Gasteiger partial charge in [-0.15, -0.1) is 11.3 Å². The molecule has 0 amide bonds. The fourth-order valence-corrected chi connectivity index (χ4v) is 7.80. The first-order chi connectivity index (χ1) is 19.9. The SMILES string of the molecule is CCCCCC(CC)CCCc1ccccc1S(=O)(=O)Nc1cccc(-c2csc(N3CCN(CCO)CC3)n2)c1. The predicted octanol–water partition coefficient (Wildman–Crippen LogP) is 6.65. The van der Waals surface area contributed by atoms with Crippen LogP contribution in [0.2, 0.25) is 0 Å². The van der Waals surface area contributed by atoms with Crippen LogP contribution in [0.1, 0.15) is 64.4 Å². The summed E-state index contributed by atoms with van der Waals surface area (Å²) in [6.07, 6.45) is 9.16. The van der Waals surface area contributed by atoms with Gasteiger partial charge < -0.3 is 10.0 Å². The molecule has 41 heavy (non-hydrogen) atoms. The molecule has 7 nitrogen and oxygen atoms in total. The first-order valence-electron chi connectivity index (χ1n) is 15.2. The van der Waals surface area contributed by atoms with Crippen molar-refractivity contribution in [3.63, 3.8) is 0 Å². The van der Waals surface area contributed by atoms with Crippen molar-refractivity contribution < 1.29 is 13.5 Å². The van der Waals surface area contributed by atoms with E-state index in [1.807, 2.05) is 35.7 Å². The third kappa shape index (κ3) is 9.01. The summed E-state index contributed by atoms with van der Waals surface area (Å²) in [4.78, 5) is 9.76. The molecule has 0 spiro atoms. The summed E-state index contributed by atoms with van der Waals surface area (Å²) in [5, 5.41) is 12.2. The average Bonchev–Trinajstić information content (AvgIpc) is 3.48. The molecule has 2 aromatic carbocycles. The first kappa shape index (κ1) is 31.5. The van der Waals surface area contributed by atoms with Crippen LogP contribution in [-0.2, 0) is 16.4 Å². The first-order valence-corrected chi connectivity index (χ1v) is 17.5. The number of unbranched alkanes of at least 4 members (excludes halogenated alkanes) is 2. The second-order valence-electron chi connectivity index (χ2n) is 11.0. The summed E-state index contributed by atoms with van der Waals surface area (Å²) in [7, 11) is -3.74. The van der Waals surface area contributed by atoms with E-state index in [0.29, 0.717) is 23.0 Å². The van der Waals surface area contributed by atoms with Gasteiger partial charge in [-0.1, -0.05) is 82.7 Å². The average molecular weight is 599 g/mol. The van der Waals surface area contributed by atoms with E-state index in [9.17, 15) is 13.5 Å². The number of benzene rings is 2. The zero-order chi connectivity index (χ0) is 29.1. The number of anilines is 2. The van der Waals surface area contributed by atoms with Gasteiger partial charge in [-0.3, -0.25) is 9.62 Å². The van der Waals surface area contributed by atoms with E-state index in [1.54, 1.807) is 29.5 Å². The number of sulfonamides is 1. The highest BCUT2D eigenvalue weighted by atomic mass is 32.2. The highest BCUT2D eigenvalue weighted by molar-refractivity contribution is 7.92. The maximum absolute atomic E-state index is 13.5. The van der Waals surface area contributed by atoms with Crippen LogP contribution < -0.4 is 9.62 Å². The van der Waals surface area contributed by atoms with Crippen LogP contribution in [0.4, 0.5) is 10.8 Å². The van der Waals surface area contributed by atoms with Crippen LogP contribution in [0, 0.1) is 5.92 Å². The van der Waals surface area contributed by atoms with Crippen molar-refractivity contribution in [1.29, 1.82) is 0 Å². The van der Waals surface area contributed by atoms with Crippen LogP contribution in [-0.4, -0.2) is 62.7 Å². The van der Waals surface area contributed by atoms with Crippen molar-refractivity contribution >= 4 is 32.2 Å². The summed E-state index contributed by atoms with van der Waals surface area (Å²) >= 11 is 1.61. The Morgan fingerprint density at radius 3 is 2.54 bits per heavy atom. The molecule has 1 saturated heterocycles. The number of aryl methyl sites for hydroxylation is 1. The number of thiazole rings is 1. The van der Waals surface area contributed by atoms with Gasteiger partial charge in [0.1, 0.15) is 0 Å². The summed E-state index contributed by atoms with van der Waals surface area (Å²) in [6, 6.07) is 14.9. The van der Waals surface area contributed by atoms with Crippen LogP contribution in [0.3, 0.4) is 0 Å². The molecule has 9 heteroatoms. The smallest absolute Gasteiger partial charge is 0.262 e. The van der Waals surface area contributed by atoms with Gasteiger partial charge in [0.2, 0.25) is 0 Å². The number of hydrogen-bond donors (Lipinski definition) is 2.